The zero-order valence-corrected chi connectivity index (χ0v) is 10.0. The van der Waals surface area contributed by atoms with Gasteiger partial charge >= 0.3 is 0 Å². The van der Waals surface area contributed by atoms with Gasteiger partial charge in [-0.05, 0) is 24.1 Å². The lowest BCUT2D eigenvalue weighted by atomic mass is 10.0. The van der Waals surface area contributed by atoms with Crippen LogP contribution in [0.4, 0.5) is 0 Å². The summed E-state index contributed by atoms with van der Waals surface area (Å²) >= 11 is 0. The minimum absolute atomic E-state index is 0.108. The number of ether oxygens (including phenoxy) is 1. The van der Waals surface area contributed by atoms with Crippen molar-refractivity contribution in [2.75, 3.05) is 7.11 Å². The topological polar surface area (TPSA) is 40.2 Å². The number of nitrogens with zero attached hydrogens (tertiary/aromatic N) is 1. The normalized spacial score (nSPS) is 13.0. The van der Waals surface area contributed by atoms with Gasteiger partial charge < -0.3 is 15.0 Å². The van der Waals surface area contributed by atoms with E-state index in [-0.39, 0.29) is 6.04 Å². The van der Waals surface area contributed by atoms with E-state index in [1.54, 1.807) is 7.11 Å². The summed E-state index contributed by atoms with van der Waals surface area (Å²) in [4.78, 5) is 0. The van der Waals surface area contributed by atoms with Gasteiger partial charge in [0.15, 0.2) is 0 Å². The Kier molecular flexibility index (Phi) is 2.88. The van der Waals surface area contributed by atoms with Crippen LogP contribution in [-0.4, -0.2) is 11.7 Å². The second-order valence-electron chi connectivity index (χ2n) is 4.09. The molecular formula is C13H18N2O. The molecule has 16 heavy (non-hydrogen) atoms. The van der Waals surface area contributed by atoms with Crippen LogP contribution in [0.5, 0.6) is 5.75 Å². The fraction of sp³-hybridized carbons (Fsp3) is 0.385. The molecule has 0 fully saturated rings. The van der Waals surface area contributed by atoms with Crippen LogP contribution in [0.3, 0.4) is 0 Å². The Morgan fingerprint density at radius 3 is 2.81 bits per heavy atom. The lowest BCUT2D eigenvalue weighted by Gasteiger charge is -2.07. The van der Waals surface area contributed by atoms with E-state index in [1.165, 1.54) is 16.5 Å². The van der Waals surface area contributed by atoms with E-state index in [4.69, 9.17) is 10.5 Å². The highest BCUT2D eigenvalue weighted by Crippen LogP contribution is 2.29. The van der Waals surface area contributed by atoms with Crippen molar-refractivity contribution in [2.24, 2.45) is 12.8 Å². The van der Waals surface area contributed by atoms with Crippen LogP contribution in [0.25, 0.3) is 10.9 Å². The molecule has 2 rings (SSSR count). The molecule has 86 valence electrons. The smallest absolute Gasteiger partial charge is 0.120 e. The maximum absolute atomic E-state index is 6.10. The average molecular weight is 218 g/mol. The first-order valence-corrected chi connectivity index (χ1v) is 5.56. The maximum Gasteiger partial charge on any atom is 0.120 e. The summed E-state index contributed by atoms with van der Waals surface area (Å²) in [5, 5.41) is 1.22. The Hall–Kier alpha value is -1.48. The molecule has 0 aliphatic rings. The van der Waals surface area contributed by atoms with Crippen LogP contribution in [0, 0.1) is 0 Å². The van der Waals surface area contributed by atoms with Gasteiger partial charge in [-0.2, -0.15) is 0 Å². The van der Waals surface area contributed by atoms with Gasteiger partial charge in [-0.1, -0.05) is 6.92 Å². The van der Waals surface area contributed by atoms with Crippen molar-refractivity contribution in [1.82, 2.24) is 4.57 Å². The maximum atomic E-state index is 6.10. The van der Waals surface area contributed by atoms with Gasteiger partial charge in [0.25, 0.3) is 0 Å². The van der Waals surface area contributed by atoms with Gasteiger partial charge in [-0.15, -0.1) is 0 Å². The fourth-order valence-corrected chi connectivity index (χ4v) is 2.04. The van der Waals surface area contributed by atoms with Crippen molar-refractivity contribution in [3.8, 4) is 5.75 Å². The van der Waals surface area contributed by atoms with Crippen LogP contribution in [-0.2, 0) is 7.05 Å². The predicted octanol–water partition coefficient (Wildman–Crippen LogP) is 2.60. The molecule has 3 nitrogen and oxygen atoms in total. The molecule has 0 aliphatic carbocycles. The quantitative estimate of drug-likeness (QED) is 0.860. The van der Waals surface area contributed by atoms with Crippen LogP contribution in [0.15, 0.2) is 24.4 Å². The van der Waals surface area contributed by atoms with Gasteiger partial charge in [0.1, 0.15) is 5.75 Å². The highest BCUT2D eigenvalue weighted by atomic mass is 16.5. The van der Waals surface area contributed by atoms with Crippen LogP contribution in [0.1, 0.15) is 24.9 Å². The number of nitrogens with two attached hydrogens (primary N) is 1. The largest absolute Gasteiger partial charge is 0.497 e. The van der Waals surface area contributed by atoms with Crippen LogP contribution < -0.4 is 10.5 Å². The van der Waals surface area contributed by atoms with Gasteiger partial charge in [0.2, 0.25) is 0 Å². The van der Waals surface area contributed by atoms with E-state index in [9.17, 15) is 0 Å². The molecule has 0 aliphatic heterocycles. The molecule has 3 heteroatoms. The van der Waals surface area contributed by atoms with Crippen molar-refractivity contribution in [3.63, 3.8) is 0 Å². The van der Waals surface area contributed by atoms with Crippen molar-refractivity contribution in [2.45, 2.75) is 19.4 Å². The van der Waals surface area contributed by atoms with E-state index in [2.05, 4.69) is 23.8 Å². The first-order chi connectivity index (χ1) is 7.67. The SMILES string of the molecule is CCC(N)c1cn(C)c2cc(OC)ccc12. The average Bonchev–Trinajstić information content (AvgIpc) is 2.65. The summed E-state index contributed by atoms with van der Waals surface area (Å²) in [7, 11) is 3.72. The number of benzene rings is 1. The summed E-state index contributed by atoms with van der Waals surface area (Å²) in [5.74, 6) is 0.880. The molecule has 1 aromatic carbocycles. The molecular weight excluding hydrogens is 200 g/mol. The van der Waals surface area contributed by atoms with Crippen molar-refractivity contribution >= 4 is 10.9 Å². The second-order valence-corrected chi connectivity index (χ2v) is 4.09. The highest BCUT2D eigenvalue weighted by Gasteiger charge is 2.12. The third-order valence-corrected chi connectivity index (χ3v) is 3.07. The minimum atomic E-state index is 0.108. The Labute approximate surface area is 95.8 Å². The summed E-state index contributed by atoms with van der Waals surface area (Å²) in [6.07, 6.45) is 3.06. The molecule has 0 saturated heterocycles. The predicted molar refractivity (Wildman–Crippen MR) is 66.7 cm³/mol. The molecule has 0 saturated carbocycles. The molecule has 1 aromatic heterocycles. The number of aryl methyl sites for hydroxylation is 1. The molecule has 1 unspecified atom stereocenters. The zero-order chi connectivity index (χ0) is 11.7. The number of rotatable bonds is 3. The highest BCUT2D eigenvalue weighted by molar-refractivity contribution is 5.85. The van der Waals surface area contributed by atoms with E-state index in [0.29, 0.717) is 0 Å². The fourth-order valence-electron chi connectivity index (χ4n) is 2.04. The summed E-state index contributed by atoms with van der Waals surface area (Å²) in [5.41, 5.74) is 8.48. The van der Waals surface area contributed by atoms with Crippen molar-refractivity contribution in [3.05, 3.63) is 30.0 Å². The Bertz CT molecular complexity index is 502. The third-order valence-electron chi connectivity index (χ3n) is 3.07. The van der Waals surface area contributed by atoms with E-state index in [0.717, 1.165) is 12.2 Å². The molecule has 0 spiro atoms. The molecule has 2 N–H and O–H groups in total. The Morgan fingerprint density at radius 1 is 1.44 bits per heavy atom. The first kappa shape index (κ1) is 11.0. The standard InChI is InChI=1S/C13H18N2O/c1-4-12(14)11-8-15(2)13-7-9(16-3)5-6-10(11)13/h5-8,12H,4,14H2,1-3H3. The number of fused-ring (bicyclic) bond motifs is 1. The number of methoxy groups -OCH3 is 1. The molecule has 2 aromatic rings. The Morgan fingerprint density at radius 2 is 2.19 bits per heavy atom. The minimum Gasteiger partial charge on any atom is -0.497 e. The molecule has 0 radical (unpaired) electrons. The lowest BCUT2D eigenvalue weighted by Crippen LogP contribution is -2.07. The number of hydrogen-bond acceptors (Lipinski definition) is 2. The van der Waals surface area contributed by atoms with Gasteiger partial charge in [0, 0.05) is 30.7 Å². The van der Waals surface area contributed by atoms with Crippen LogP contribution >= 0.6 is 0 Å². The molecule has 0 amide bonds. The monoisotopic (exact) mass is 218 g/mol. The van der Waals surface area contributed by atoms with E-state index >= 15 is 0 Å². The first-order valence-electron chi connectivity index (χ1n) is 5.56. The summed E-state index contributed by atoms with van der Waals surface area (Å²) < 4.78 is 7.33. The second kappa shape index (κ2) is 4.18. The van der Waals surface area contributed by atoms with Gasteiger partial charge in [-0.3, -0.25) is 0 Å². The molecule has 1 heterocycles. The Balaban J connectivity index is 2.62. The summed E-state index contributed by atoms with van der Waals surface area (Å²) in [6, 6.07) is 6.21. The number of hydrogen-bond donors (Lipinski definition) is 1. The zero-order valence-electron chi connectivity index (χ0n) is 10.0. The lowest BCUT2D eigenvalue weighted by molar-refractivity contribution is 0.415. The molecule has 1 atom stereocenters. The van der Waals surface area contributed by atoms with Crippen LogP contribution in [0.2, 0.25) is 0 Å². The van der Waals surface area contributed by atoms with Gasteiger partial charge in [0.05, 0.1) is 12.6 Å². The summed E-state index contributed by atoms with van der Waals surface area (Å²) in [6.45, 7) is 2.10. The molecule has 0 bridgehead atoms. The van der Waals surface area contributed by atoms with E-state index < -0.39 is 0 Å². The van der Waals surface area contributed by atoms with E-state index in [1.807, 2.05) is 19.2 Å². The third kappa shape index (κ3) is 1.67. The van der Waals surface area contributed by atoms with Crippen molar-refractivity contribution in [1.29, 1.82) is 0 Å². The van der Waals surface area contributed by atoms with Crippen molar-refractivity contribution < 1.29 is 4.74 Å². The number of aromatic nitrogens is 1. The van der Waals surface area contributed by atoms with Gasteiger partial charge in [-0.25, -0.2) is 0 Å².